The second-order valence-corrected chi connectivity index (χ2v) is 6.38. The van der Waals surface area contributed by atoms with E-state index in [1.54, 1.807) is 11.8 Å². The molecule has 0 saturated heterocycles. The number of hydrogen-bond acceptors (Lipinski definition) is 3. The standard InChI is InChI=1S/C13H19NO2S/c1-9-4-6-10(7-5-9)8-17-13(2,3)11(14)12(15)16/h4-7,11H,8,14H2,1-3H3,(H,15,16)/t11-/m1/s1. The lowest BCUT2D eigenvalue weighted by atomic mass is 10.1. The Kier molecular flexibility index (Phi) is 4.60. The van der Waals surface area contributed by atoms with Crippen molar-refractivity contribution in [2.75, 3.05) is 0 Å². The van der Waals surface area contributed by atoms with Crippen molar-refractivity contribution in [1.29, 1.82) is 0 Å². The molecule has 0 aliphatic rings. The van der Waals surface area contributed by atoms with Crippen LogP contribution in [0.4, 0.5) is 0 Å². The van der Waals surface area contributed by atoms with E-state index >= 15 is 0 Å². The number of aliphatic carboxylic acids is 1. The fraction of sp³-hybridized carbons (Fsp3) is 0.462. The summed E-state index contributed by atoms with van der Waals surface area (Å²) in [7, 11) is 0. The topological polar surface area (TPSA) is 67.8 Å². The zero-order valence-electron chi connectivity index (χ0n) is 10.5. The number of carbonyl (C=O) groups excluding carboxylic acids is 1. The molecule has 0 spiro atoms. The molecule has 0 bridgehead atoms. The van der Waals surface area contributed by atoms with Crippen molar-refractivity contribution >= 4 is 17.7 Å². The molecule has 0 fully saturated rings. The second kappa shape index (κ2) is 5.56. The van der Waals surface area contributed by atoms with Gasteiger partial charge < -0.3 is 15.6 Å². The first kappa shape index (κ1) is 14.1. The van der Waals surface area contributed by atoms with E-state index in [1.165, 1.54) is 11.1 Å². The molecule has 1 aromatic carbocycles. The molecule has 1 atom stereocenters. The predicted octanol–water partition coefficient (Wildman–Crippen LogP) is 0.367. The molecular weight excluding hydrogens is 234 g/mol. The van der Waals surface area contributed by atoms with Crippen LogP contribution in [0.15, 0.2) is 24.3 Å². The van der Waals surface area contributed by atoms with Gasteiger partial charge in [0.25, 0.3) is 0 Å². The molecule has 1 aromatic rings. The number of aryl methyl sites for hydroxylation is 1. The molecule has 0 unspecified atom stereocenters. The smallest absolute Gasteiger partial charge is 0.139 e. The molecule has 0 amide bonds. The van der Waals surface area contributed by atoms with Crippen molar-refractivity contribution < 1.29 is 15.6 Å². The Morgan fingerprint density at radius 3 is 2.41 bits per heavy atom. The summed E-state index contributed by atoms with van der Waals surface area (Å²) in [4.78, 5) is 10.8. The van der Waals surface area contributed by atoms with E-state index < -0.39 is 16.8 Å². The molecule has 0 radical (unpaired) electrons. The molecule has 4 heteroatoms. The first-order chi connectivity index (χ1) is 7.83. The van der Waals surface area contributed by atoms with Crippen molar-refractivity contribution in [3.05, 3.63) is 35.4 Å². The van der Waals surface area contributed by atoms with Gasteiger partial charge in [0.2, 0.25) is 0 Å². The van der Waals surface area contributed by atoms with Crippen LogP contribution >= 0.6 is 11.8 Å². The van der Waals surface area contributed by atoms with Crippen LogP contribution in [0.3, 0.4) is 0 Å². The van der Waals surface area contributed by atoms with E-state index in [1.807, 2.05) is 20.8 Å². The van der Waals surface area contributed by atoms with E-state index in [9.17, 15) is 9.90 Å². The second-order valence-electron chi connectivity index (χ2n) is 4.75. The highest BCUT2D eigenvalue weighted by Gasteiger charge is 2.31. The number of quaternary nitrogens is 1. The average Bonchev–Trinajstić information content (AvgIpc) is 2.27. The number of carbonyl (C=O) groups is 1. The largest absolute Gasteiger partial charge is 0.544 e. The van der Waals surface area contributed by atoms with Crippen LogP contribution in [0.25, 0.3) is 0 Å². The lowest BCUT2D eigenvalue weighted by Gasteiger charge is -2.28. The molecule has 94 valence electrons. The minimum Gasteiger partial charge on any atom is -0.544 e. The minimum absolute atomic E-state index is 0.427. The number of hydrogen-bond donors (Lipinski definition) is 1. The monoisotopic (exact) mass is 253 g/mol. The van der Waals surface area contributed by atoms with E-state index in [-0.39, 0.29) is 0 Å². The maximum absolute atomic E-state index is 10.8. The molecular formula is C13H19NO2S. The summed E-state index contributed by atoms with van der Waals surface area (Å²) in [5, 5.41) is 10.8. The van der Waals surface area contributed by atoms with Crippen LogP contribution in [0.2, 0.25) is 0 Å². The van der Waals surface area contributed by atoms with E-state index in [0.29, 0.717) is 0 Å². The first-order valence-corrected chi connectivity index (χ1v) is 6.55. The Morgan fingerprint density at radius 2 is 1.94 bits per heavy atom. The molecule has 17 heavy (non-hydrogen) atoms. The van der Waals surface area contributed by atoms with Gasteiger partial charge in [0, 0.05) is 5.75 Å². The van der Waals surface area contributed by atoms with Crippen molar-refractivity contribution in [3.8, 4) is 0 Å². The summed E-state index contributed by atoms with van der Waals surface area (Å²) in [5.74, 6) is -0.307. The Balaban J connectivity index is 2.60. The van der Waals surface area contributed by atoms with E-state index in [0.717, 1.165) is 5.75 Å². The zero-order chi connectivity index (χ0) is 13.1. The minimum atomic E-state index is -1.09. The number of carboxylic acid groups (broad SMARTS) is 1. The van der Waals surface area contributed by atoms with Crippen molar-refractivity contribution in [2.24, 2.45) is 0 Å². The number of benzene rings is 1. The molecule has 0 saturated carbocycles. The highest BCUT2D eigenvalue weighted by atomic mass is 32.2. The van der Waals surface area contributed by atoms with Crippen LogP contribution < -0.4 is 10.8 Å². The third kappa shape index (κ3) is 4.06. The van der Waals surface area contributed by atoms with Gasteiger partial charge in [0.1, 0.15) is 12.0 Å². The zero-order valence-corrected chi connectivity index (χ0v) is 11.3. The molecule has 3 nitrogen and oxygen atoms in total. The van der Waals surface area contributed by atoms with Gasteiger partial charge in [0.15, 0.2) is 0 Å². The third-order valence-electron chi connectivity index (χ3n) is 2.86. The van der Waals surface area contributed by atoms with Gasteiger partial charge in [-0.1, -0.05) is 29.8 Å². The number of thioether (sulfide) groups is 1. The maximum atomic E-state index is 10.8. The van der Waals surface area contributed by atoms with Gasteiger partial charge in [0.05, 0.1) is 4.75 Å². The SMILES string of the molecule is Cc1ccc(CSC(C)(C)[C@H]([NH3+])C(=O)[O-])cc1. The summed E-state index contributed by atoms with van der Waals surface area (Å²) in [6, 6.07) is 7.54. The average molecular weight is 253 g/mol. The highest BCUT2D eigenvalue weighted by Crippen LogP contribution is 2.29. The van der Waals surface area contributed by atoms with E-state index in [2.05, 4.69) is 30.0 Å². The van der Waals surface area contributed by atoms with Crippen molar-refractivity contribution in [2.45, 2.75) is 37.3 Å². The first-order valence-electron chi connectivity index (χ1n) is 5.56. The summed E-state index contributed by atoms with van der Waals surface area (Å²) in [6.45, 7) is 5.82. The summed E-state index contributed by atoms with van der Waals surface area (Å²) >= 11 is 1.59. The van der Waals surface area contributed by atoms with Gasteiger partial charge >= 0.3 is 0 Å². The summed E-state index contributed by atoms with van der Waals surface area (Å²) in [6.07, 6.45) is 0. The highest BCUT2D eigenvalue weighted by molar-refractivity contribution is 7.99. The fourth-order valence-corrected chi connectivity index (χ4v) is 2.37. The molecule has 0 aliphatic carbocycles. The fourth-order valence-electron chi connectivity index (χ4n) is 1.34. The molecule has 1 rings (SSSR count). The van der Waals surface area contributed by atoms with Crippen LogP contribution in [0.5, 0.6) is 0 Å². The van der Waals surface area contributed by atoms with Crippen LogP contribution in [-0.4, -0.2) is 16.8 Å². The van der Waals surface area contributed by atoms with Gasteiger partial charge in [-0.15, -0.1) is 11.8 Å². The predicted molar refractivity (Wildman–Crippen MR) is 68.2 cm³/mol. The van der Waals surface area contributed by atoms with E-state index in [4.69, 9.17) is 0 Å². The van der Waals surface area contributed by atoms with Crippen LogP contribution in [-0.2, 0) is 10.5 Å². The molecule has 3 N–H and O–H groups in total. The maximum Gasteiger partial charge on any atom is 0.139 e. The third-order valence-corrected chi connectivity index (χ3v) is 4.36. The molecule has 0 heterocycles. The van der Waals surface area contributed by atoms with Gasteiger partial charge in [-0.2, -0.15) is 0 Å². The Labute approximate surface area is 106 Å². The van der Waals surface area contributed by atoms with Gasteiger partial charge in [-0.3, -0.25) is 0 Å². The Hall–Kier alpha value is -1.00. The molecule has 0 aromatic heterocycles. The van der Waals surface area contributed by atoms with Gasteiger partial charge in [-0.05, 0) is 26.3 Å². The van der Waals surface area contributed by atoms with Crippen molar-refractivity contribution in [3.63, 3.8) is 0 Å². The van der Waals surface area contributed by atoms with Crippen LogP contribution in [0, 0.1) is 6.92 Å². The van der Waals surface area contributed by atoms with Crippen molar-refractivity contribution in [1.82, 2.24) is 0 Å². The van der Waals surface area contributed by atoms with Gasteiger partial charge in [-0.25, -0.2) is 0 Å². The lowest BCUT2D eigenvalue weighted by molar-refractivity contribution is -0.442. The lowest BCUT2D eigenvalue weighted by Crippen LogP contribution is -2.75. The van der Waals surface area contributed by atoms with Crippen LogP contribution in [0.1, 0.15) is 25.0 Å². The number of rotatable bonds is 5. The summed E-state index contributed by atoms with van der Waals surface area (Å²) < 4.78 is -0.427. The quantitative estimate of drug-likeness (QED) is 0.824. The molecule has 0 aliphatic heterocycles. The Bertz CT molecular complexity index is 387. The Morgan fingerprint density at radius 1 is 1.41 bits per heavy atom. The summed E-state index contributed by atoms with van der Waals surface area (Å²) in [5.41, 5.74) is 6.07. The number of carboxylic acids is 1. The normalized spacial score (nSPS) is 13.4.